The van der Waals surface area contributed by atoms with Crippen LogP contribution in [-0.4, -0.2) is 42.0 Å². The van der Waals surface area contributed by atoms with Crippen LogP contribution in [-0.2, 0) is 10.0 Å². The summed E-state index contributed by atoms with van der Waals surface area (Å²) in [6, 6.07) is 6.51. The highest BCUT2D eigenvalue weighted by atomic mass is 32.2. The molecule has 1 aromatic carbocycles. The van der Waals surface area contributed by atoms with E-state index < -0.39 is 16.1 Å². The lowest BCUT2D eigenvalue weighted by atomic mass is 10.2. The molecule has 0 saturated carbocycles. The summed E-state index contributed by atoms with van der Waals surface area (Å²) in [7, 11) is -3.66. The summed E-state index contributed by atoms with van der Waals surface area (Å²) >= 11 is 0. The van der Waals surface area contributed by atoms with E-state index in [-0.39, 0.29) is 11.4 Å². The molecule has 20 heavy (non-hydrogen) atoms. The van der Waals surface area contributed by atoms with Crippen molar-refractivity contribution in [2.24, 2.45) is 0 Å². The maximum absolute atomic E-state index is 12.6. The molecule has 2 heterocycles. The standard InChI is InChI=1S/C13H15N3O3S/c14-11-3-4-12(13-10(11)2-1-6-15-13)20(18,19)16-7-5-9(17)8-16/h1-4,6,9,17H,5,7-8,14H2/t9-/m1/s1. The van der Waals surface area contributed by atoms with Crippen molar-refractivity contribution >= 4 is 26.6 Å². The Balaban J connectivity index is 2.17. The third kappa shape index (κ3) is 2.04. The molecule has 1 atom stereocenters. The Kier molecular flexibility index (Phi) is 3.12. The molecule has 0 radical (unpaired) electrons. The zero-order valence-electron chi connectivity index (χ0n) is 10.7. The molecule has 3 N–H and O–H groups in total. The molecule has 1 fully saturated rings. The highest BCUT2D eigenvalue weighted by Crippen LogP contribution is 2.29. The van der Waals surface area contributed by atoms with E-state index in [9.17, 15) is 13.5 Å². The van der Waals surface area contributed by atoms with Crippen LogP contribution < -0.4 is 5.73 Å². The van der Waals surface area contributed by atoms with Gasteiger partial charge in [0.1, 0.15) is 4.90 Å². The SMILES string of the molecule is Nc1ccc(S(=O)(=O)N2CC[C@@H](O)C2)c2ncccc12. The highest BCUT2D eigenvalue weighted by Gasteiger charge is 2.33. The van der Waals surface area contributed by atoms with E-state index in [4.69, 9.17) is 5.73 Å². The second-order valence-electron chi connectivity index (χ2n) is 4.86. The van der Waals surface area contributed by atoms with E-state index in [0.29, 0.717) is 29.6 Å². The normalized spacial score (nSPS) is 20.6. The Labute approximate surface area is 116 Å². The van der Waals surface area contributed by atoms with Gasteiger partial charge in [-0.15, -0.1) is 0 Å². The predicted molar refractivity (Wildman–Crippen MR) is 75.5 cm³/mol. The molecular formula is C13H15N3O3S. The van der Waals surface area contributed by atoms with Gasteiger partial charge >= 0.3 is 0 Å². The number of anilines is 1. The summed E-state index contributed by atoms with van der Waals surface area (Å²) in [6.07, 6.45) is 1.40. The average molecular weight is 293 g/mol. The molecule has 106 valence electrons. The number of pyridine rings is 1. The van der Waals surface area contributed by atoms with Crippen LogP contribution in [0.5, 0.6) is 0 Å². The molecule has 6 nitrogen and oxygen atoms in total. The second-order valence-corrected chi connectivity index (χ2v) is 6.76. The molecule has 1 aliphatic rings. The summed E-state index contributed by atoms with van der Waals surface area (Å²) in [5.41, 5.74) is 6.72. The van der Waals surface area contributed by atoms with Gasteiger partial charge in [-0.2, -0.15) is 4.31 Å². The van der Waals surface area contributed by atoms with Crippen LogP contribution in [0.25, 0.3) is 10.9 Å². The number of sulfonamides is 1. The van der Waals surface area contributed by atoms with Gasteiger partial charge in [0.15, 0.2) is 0 Å². The van der Waals surface area contributed by atoms with E-state index >= 15 is 0 Å². The molecule has 0 unspecified atom stereocenters. The lowest BCUT2D eigenvalue weighted by Gasteiger charge is -2.17. The number of nitrogens with zero attached hydrogens (tertiary/aromatic N) is 2. The van der Waals surface area contributed by atoms with E-state index in [0.717, 1.165) is 0 Å². The van der Waals surface area contributed by atoms with Gasteiger partial charge in [0.2, 0.25) is 10.0 Å². The van der Waals surface area contributed by atoms with Gasteiger partial charge in [-0.25, -0.2) is 8.42 Å². The number of β-amino-alcohol motifs (C(OH)–C–C–N with tert-alkyl or cyclic N) is 1. The van der Waals surface area contributed by atoms with Crippen LogP contribution in [0.2, 0.25) is 0 Å². The molecule has 7 heteroatoms. The van der Waals surface area contributed by atoms with E-state index in [1.807, 2.05) is 0 Å². The summed E-state index contributed by atoms with van der Waals surface area (Å²) in [5, 5.41) is 10.1. The van der Waals surface area contributed by atoms with E-state index in [1.165, 1.54) is 10.4 Å². The van der Waals surface area contributed by atoms with Crippen LogP contribution >= 0.6 is 0 Å². The van der Waals surface area contributed by atoms with Gasteiger partial charge < -0.3 is 10.8 Å². The van der Waals surface area contributed by atoms with Crippen molar-refractivity contribution in [2.45, 2.75) is 17.4 Å². The molecule has 1 aromatic heterocycles. The number of fused-ring (bicyclic) bond motifs is 1. The number of aromatic nitrogens is 1. The first-order chi connectivity index (χ1) is 9.50. The van der Waals surface area contributed by atoms with Crippen molar-refractivity contribution in [3.8, 4) is 0 Å². The molecule has 3 rings (SSSR count). The summed E-state index contributed by atoms with van der Waals surface area (Å²) in [6.45, 7) is 0.448. The summed E-state index contributed by atoms with van der Waals surface area (Å²) < 4.78 is 26.6. The fourth-order valence-corrected chi connectivity index (χ4v) is 4.08. The number of hydrogen-bond donors (Lipinski definition) is 2. The quantitative estimate of drug-likeness (QED) is 0.789. The molecule has 1 aliphatic heterocycles. The number of rotatable bonds is 2. The Hall–Kier alpha value is -1.70. The number of benzene rings is 1. The largest absolute Gasteiger partial charge is 0.398 e. The van der Waals surface area contributed by atoms with Crippen molar-refractivity contribution < 1.29 is 13.5 Å². The van der Waals surface area contributed by atoms with Gasteiger partial charge in [-0.3, -0.25) is 4.98 Å². The van der Waals surface area contributed by atoms with Gasteiger partial charge in [0.25, 0.3) is 0 Å². The number of nitrogens with two attached hydrogens (primary N) is 1. The fraction of sp³-hybridized carbons (Fsp3) is 0.308. The van der Waals surface area contributed by atoms with Gasteiger partial charge in [0.05, 0.1) is 11.6 Å². The first kappa shape index (κ1) is 13.3. The average Bonchev–Trinajstić information content (AvgIpc) is 2.87. The third-order valence-corrected chi connectivity index (χ3v) is 5.41. The number of nitrogen functional groups attached to an aromatic ring is 1. The molecule has 0 aliphatic carbocycles. The first-order valence-electron chi connectivity index (χ1n) is 6.31. The topological polar surface area (TPSA) is 96.5 Å². The second kappa shape index (κ2) is 4.69. The van der Waals surface area contributed by atoms with Crippen LogP contribution in [0.1, 0.15) is 6.42 Å². The van der Waals surface area contributed by atoms with E-state index in [2.05, 4.69) is 4.98 Å². The zero-order chi connectivity index (χ0) is 14.3. The lowest BCUT2D eigenvalue weighted by Crippen LogP contribution is -2.30. The molecule has 1 saturated heterocycles. The van der Waals surface area contributed by atoms with Crippen molar-refractivity contribution in [2.75, 3.05) is 18.8 Å². The number of aliphatic hydroxyl groups excluding tert-OH is 1. The maximum atomic E-state index is 12.6. The maximum Gasteiger partial charge on any atom is 0.245 e. The molecule has 0 amide bonds. The minimum Gasteiger partial charge on any atom is -0.398 e. The Morgan fingerprint density at radius 3 is 2.85 bits per heavy atom. The summed E-state index contributed by atoms with van der Waals surface area (Å²) in [5.74, 6) is 0. The molecule has 2 aromatic rings. The van der Waals surface area contributed by atoms with Crippen LogP contribution in [0.4, 0.5) is 5.69 Å². The van der Waals surface area contributed by atoms with Gasteiger partial charge in [-0.05, 0) is 30.7 Å². The molecule has 0 bridgehead atoms. The van der Waals surface area contributed by atoms with Crippen LogP contribution in [0, 0.1) is 0 Å². The number of hydrogen-bond acceptors (Lipinski definition) is 5. The highest BCUT2D eigenvalue weighted by molar-refractivity contribution is 7.89. The van der Waals surface area contributed by atoms with E-state index in [1.54, 1.807) is 24.4 Å². The zero-order valence-corrected chi connectivity index (χ0v) is 11.5. The summed E-state index contributed by atoms with van der Waals surface area (Å²) in [4.78, 5) is 4.29. The van der Waals surface area contributed by atoms with Crippen LogP contribution in [0.15, 0.2) is 35.4 Å². The Morgan fingerprint density at radius 1 is 1.35 bits per heavy atom. The molecule has 0 spiro atoms. The number of aliphatic hydroxyl groups is 1. The smallest absolute Gasteiger partial charge is 0.245 e. The molecular weight excluding hydrogens is 278 g/mol. The third-order valence-electron chi connectivity index (χ3n) is 3.51. The Morgan fingerprint density at radius 2 is 2.15 bits per heavy atom. The monoisotopic (exact) mass is 293 g/mol. The van der Waals surface area contributed by atoms with Crippen LogP contribution in [0.3, 0.4) is 0 Å². The lowest BCUT2D eigenvalue weighted by molar-refractivity contribution is 0.189. The van der Waals surface area contributed by atoms with Gasteiger partial charge in [0, 0.05) is 30.4 Å². The van der Waals surface area contributed by atoms with Crippen molar-refractivity contribution in [1.29, 1.82) is 0 Å². The van der Waals surface area contributed by atoms with Gasteiger partial charge in [-0.1, -0.05) is 0 Å². The minimum absolute atomic E-state index is 0.126. The first-order valence-corrected chi connectivity index (χ1v) is 7.75. The van der Waals surface area contributed by atoms with Crippen molar-refractivity contribution in [3.63, 3.8) is 0 Å². The predicted octanol–water partition coefficient (Wildman–Crippen LogP) is 0.572. The Bertz CT molecular complexity index is 761. The van der Waals surface area contributed by atoms with Crippen molar-refractivity contribution in [1.82, 2.24) is 9.29 Å². The van der Waals surface area contributed by atoms with Crippen molar-refractivity contribution in [3.05, 3.63) is 30.5 Å². The fourth-order valence-electron chi connectivity index (χ4n) is 2.44. The minimum atomic E-state index is -3.66.